The molecular formula is C31H35N5OS. The molecule has 0 aliphatic carbocycles. The van der Waals surface area contributed by atoms with Crippen LogP contribution in [-0.4, -0.2) is 49.3 Å². The van der Waals surface area contributed by atoms with Crippen LogP contribution in [-0.2, 0) is 31.0 Å². The normalized spacial score (nSPS) is 13.9. The van der Waals surface area contributed by atoms with Crippen LogP contribution in [0.15, 0.2) is 96.2 Å². The van der Waals surface area contributed by atoms with Gasteiger partial charge in [0.2, 0.25) is 5.91 Å². The fourth-order valence-corrected chi connectivity index (χ4v) is 5.70. The quantitative estimate of drug-likeness (QED) is 0.238. The van der Waals surface area contributed by atoms with Gasteiger partial charge in [0, 0.05) is 13.1 Å². The SMILES string of the molecule is O=C(CSc1nnc(CN2CCCCC2)n1Cc1ccccc1)N(Cc1ccccc1)Cc1ccccc1. The van der Waals surface area contributed by atoms with Crippen LogP contribution in [0.1, 0.15) is 41.8 Å². The zero-order valence-corrected chi connectivity index (χ0v) is 22.6. The summed E-state index contributed by atoms with van der Waals surface area (Å²) >= 11 is 1.49. The van der Waals surface area contributed by atoms with E-state index in [4.69, 9.17) is 0 Å². The molecule has 4 aromatic rings. The van der Waals surface area contributed by atoms with Gasteiger partial charge in [0.1, 0.15) is 5.82 Å². The summed E-state index contributed by atoms with van der Waals surface area (Å²) in [7, 11) is 0. The monoisotopic (exact) mass is 525 g/mol. The van der Waals surface area contributed by atoms with Gasteiger partial charge in [-0.1, -0.05) is 109 Å². The maximum absolute atomic E-state index is 13.6. The van der Waals surface area contributed by atoms with Crippen LogP contribution in [0.3, 0.4) is 0 Å². The molecule has 38 heavy (non-hydrogen) atoms. The second-order valence-corrected chi connectivity index (χ2v) is 10.8. The van der Waals surface area contributed by atoms with Crippen LogP contribution in [0.25, 0.3) is 0 Å². The number of piperidine rings is 1. The number of hydrogen-bond donors (Lipinski definition) is 0. The fraction of sp³-hybridized carbons (Fsp3) is 0.323. The molecule has 1 fully saturated rings. The topological polar surface area (TPSA) is 54.3 Å². The van der Waals surface area contributed by atoms with E-state index in [9.17, 15) is 4.79 Å². The van der Waals surface area contributed by atoms with Crippen molar-refractivity contribution in [2.45, 2.75) is 50.6 Å². The predicted octanol–water partition coefficient (Wildman–Crippen LogP) is 5.63. The average molecular weight is 526 g/mol. The van der Waals surface area contributed by atoms with E-state index in [-0.39, 0.29) is 5.91 Å². The molecule has 7 heteroatoms. The Morgan fingerprint density at radius 3 is 1.84 bits per heavy atom. The minimum absolute atomic E-state index is 0.0922. The van der Waals surface area contributed by atoms with Crippen molar-refractivity contribution in [1.82, 2.24) is 24.6 Å². The maximum atomic E-state index is 13.6. The number of rotatable bonds is 11. The van der Waals surface area contributed by atoms with Crippen molar-refractivity contribution in [3.63, 3.8) is 0 Å². The molecule has 0 atom stereocenters. The number of likely N-dealkylation sites (tertiary alicyclic amines) is 1. The first-order valence-corrected chi connectivity index (χ1v) is 14.4. The van der Waals surface area contributed by atoms with Crippen molar-refractivity contribution in [2.75, 3.05) is 18.8 Å². The van der Waals surface area contributed by atoms with Crippen LogP contribution in [0, 0.1) is 0 Å². The largest absolute Gasteiger partial charge is 0.333 e. The molecular weight excluding hydrogens is 490 g/mol. The highest BCUT2D eigenvalue weighted by atomic mass is 32.2. The fourth-order valence-electron chi connectivity index (χ4n) is 4.84. The minimum Gasteiger partial charge on any atom is -0.333 e. The number of aromatic nitrogens is 3. The van der Waals surface area contributed by atoms with Gasteiger partial charge >= 0.3 is 0 Å². The average Bonchev–Trinajstić information content (AvgIpc) is 3.34. The lowest BCUT2D eigenvalue weighted by Crippen LogP contribution is -2.31. The Morgan fingerprint density at radius 2 is 1.26 bits per heavy atom. The standard InChI is InChI=1S/C31H35N5OS/c37-30(35(21-26-13-5-1-6-14-26)22-27-15-7-2-8-16-27)25-38-31-33-32-29(24-34-19-11-4-12-20-34)36(31)23-28-17-9-3-10-18-28/h1-3,5-10,13-18H,4,11-12,19-25H2. The Bertz CT molecular complexity index is 1230. The van der Waals surface area contributed by atoms with E-state index in [0.717, 1.165) is 41.7 Å². The maximum Gasteiger partial charge on any atom is 0.233 e. The van der Waals surface area contributed by atoms with E-state index < -0.39 is 0 Å². The molecule has 0 saturated carbocycles. The van der Waals surface area contributed by atoms with E-state index in [2.05, 4.69) is 68.2 Å². The lowest BCUT2D eigenvalue weighted by atomic mass is 10.1. The Balaban J connectivity index is 1.32. The van der Waals surface area contributed by atoms with Crippen LogP contribution in [0.4, 0.5) is 0 Å². The molecule has 0 N–H and O–H groups in total. The van der Waals surface area contributed by atoms with Gasteiger partial charge in [0.25, 0.3) is 0 Å². The number of nitrogens with zero attached hydrogens (tertiary/aromatic N) is 5. The molecule has 0 spiro atoms. The molecule has 0 unspecified atom stereocenters. The van der Waals surface area contributed by atoms with Crippen molar-refractivity contribution < 1.29 is 4.79 Å². The van der Waals surface area contributed by atoms with Crippen molar-refractivity contribution in [3.8, 4) is 0 Å². The molecule has 1 saturated heterocycles. The number of carbonyl (C=O) groups is 1. The minimum atomic E-state index is 0.0922. The summed E-state index contributed by atoms with van der Waals surface area (Å²) in [6.07, 6.45) is 3.78. The van der Waals surface area contributed by atoms with E-state index >= 15 is 0 Å². The second-order valence-electron chi connectivity index (χ2n) is 9.82. The third kappa shape index (κ3) is 7.33. The van der Waals surface area contributed by atoms with Gasteiger partial charge in [-0.05, 0) is 42.6 Å². The first-order valence-electron chi connectivity index (χ1n) is 13.4. The molecule has 0 bridgehead atoms. The third-order valence-corrected chi connectivity index (χ3v) is 7.85. The molecule has 5 rings (SSSR count). The Kier molecular flexibility index (Phi) is 9.24. The highest BCUT2D eigenvalue weighted by Crippen LogP contribution is 2.22. The number of thioether (sulfide) groups is 1. The van der Waals surface area contributed by atoms with Gasteiger partial charge in [-0.3, -0.25) is 9.69 Å². The third-order valence-electron chi connectivity index (χ3n) is 6.90. The number of hydrogen-bond acceptors (Lipinski definition) is 5. The summed E-state index contributed by atoms with van der Waals surface area (Å²) in [4.78, 5) is 18.0. The highest BCUT2D eigenvalue weighted by molar-refractivity contribution is 7.99. The summed E-state index contributed by atoms with van der Waals surface area (Å²) in [5.41, 5.74) is 3.45. The molecule has 2 heterocycles. The summed E-state index contributed by atoms with van der Waals surface area (Å²) < 4.78 is 2.20. The zero-order valence-electron chi connectivity index (χ0n) is 21.8. The molecule has 6 nitrogen and oxygen atoms in total. The van der Waals surface area contributed by atoms with E-state index in [0.29, 0.717) is 25.4 Å². The van der Waals surface area contributed by atoms with Gasteiger partial charge < -0.3 is 9.47 Å². The smallest absolute Gasteiger partial charge is 0.233 e. The lowest BCUT2D eigenvalue weighted by molar-refractivity contribution is -0.129. The molecule has 3 aromatic carbocycles. The summed E-state index contributed by atoms with van der Waals surface area (Å²) in [6, 6.07) is 30.8. The number of benzene rings is 3. The second kappa shape index (κ2) is 13.4. The number of amides is 1. The Labute approximate surface area is 229 Å². The van der Waals surface area contributed by atoms with Gasteiger partial charge in [0.05, 0.1) is 18.8 Å². The predicted molar refractivity (Wildman–Crippen MR) is 153 cm³/mol. The van der Waals surface area contributed by atoms with Crippen LogP contribution in [0.2, 0.25) is 0 Å². The Morgan fingerprint density at radius 1 is 0.711 bits per heavy atom. The number of carbonyl (C=O) groups excluding carboxylic acids is 1. The van der Waals surface area contributed by atoms with Gasteiger partial charge in [0.15, 0.2) is 5.16 Å². The van der Waals surface area contributed by atoms with Gasteiger partial charge in [-0.25, -0.2) is 0 Å². The molecule has 196 valence electrons. The Hall–Kier alpha value is -3.42. The van der Waals surface area contributed by atoms with Crippen molar-refractivity contribution in [1.29, 1.82) is 0 Å². The summed E-state index contributed by atoms with van der Waals surface area (Å²) in [5.74, 6) is 1.38. The van der Waals surface area contributed by atoms with Crippen LogP contribution in [0.5, 0.6) is 0 Å². The van der Waals surface area contributed by atoms with Crippen LogP contribution >= 0.6 is 11.8 Å². The van der Waals surface area contributed by atoms with E-state index in [1.54, 1.807) is 0 Å². The summed E-state index contributed by atoms with van der Waals surface area (Å²) in [5, 5.41) is 9.95. The molecule has 1 aliphatic heterocycles. The first kappa shape index (κ1) is 26.2. The van der Waals surface area contributed by atoms with Crippen molar-refractivity contribution in [2.24, 2.45) is 0 Å². The molecule has 1 amide bonds. The summed E-state index contributed by atoms with van der Waals surface area (Å²) in [6.45, 7) is 4.85. The van der Waals surface area contributed by atoms with E-state index in [1.165, 1.54) is 36.6 Å². The zero-order chi connectivity index (χ0) is 26.0. The molecule has 0 radical (unpaired) electrons. The van der Waals surface area contributed by atoms with Crippen molar-refractivity contribution >= 4 is 17.7 Å². The highest BCUT2D eigenvalue weighted by Gasteiger charge is 2.21. The lowest BCUT2D eigenvalue weighted by Gasteiger charge is -2.26. The van der Waals surface area contributed by atoms with Crippen LogP contribution < -0.4 is 0 Å². The van der Waals surface area contributed by atoms with Crippen molar-refractivity contribution in [3.05, 3.63) is 114 Å². The first-order chi connectivity index (χ1) is 18.7. The van der Waals surface area contributed by atoms with Gasteiger partial charge in [-0.2, -0.15) is 0 Å². The van der Waals surface area contributed by atoms with Gasteiger partial charge in [-0.15, -0.1) is 10.2 Å². The van der Waals surface area contributed by atoms with E-state index in [1.807, 2.05) is 47.4 Å². The molecule has 1 aliphatic rings. The molecule has 1 aromatic heterocycles.